The monoisotopic (exact) mass is 551 g/mol. The molecule has 0 radical (unpaired) electrons. The summed E-state index contributed by atoms with van der Waals surface area (Å²) in [5.74, 6) is 0.812. The van der Waals surface area contributed by atoms with E-state index in [1.165, 1.54) is 6.08 Å². The quantitative estimate of drug-likeness (QED) is 0.280. The van der Waals surface area contributed by atoms with Crippen molar-refractivity contribution in [2.45, 2.75) is 13.5 Å². The molecular weight excluding hydrogens is 534 g/mol. The minimum absolute atomic E-state index is 0.193. The van der Waals surface area contributed by atoms with Crippen molar-refractivity contribution >= 4 is 60.8 Å². The molecule has 8 heteroatoms. The Labute approximate surface area is 196 Å². The topological polar surface area (TPSA) is 55.8 Å². The lowest BCUT2D eigenvalue weighted by atomic mass is 10.1. The molecule has 0 N–H and O–H groups in total. The van der Waals surface area contributed by atoms with Gasteiger partial charge in [0.1, 0.15) is 6.61 Å². The largest absolute Gasteiger partial charge is 0.490 e. The van der Waals surface area contributed by atoms with Crippen LogP contribution in [0.4, 0.5) is 4.79 Å². The number of hydrogen-bond donors (Lipinski definition) is 0. The summed E-state index contributed by atoms with van der Waals surface area (Å²) < 4.78 is 13.5. The number of hydrogen-bond acceptors (Lipinski definition) is 5. The Morgan fingerprint density at radius 1 is 1.13 bits per heavy atom. The molecule has 2 aromatic rings. The second-order valence-electron chi connectivity index (χ2n) is 6.26. The maximum Gasteiger partial charge on any atom is 0.293 e. The number of carbonyl (C=O) groups excluding carboxylic acids is 2. The van der Waals surface area contributed by atoms with E-state index in [0.29, 0.717) is 34.1 Å². The zero-order valence-corrected chi connectivity index (χ0v) is 20.2. The summed E-state index contributed by atoms with van der Waals surface area (Å²) in [5.41, 5.74) is 1.75. The molecule has 0 aromatic heterocycles. The molecule has 1 aliphatic rings. The van der Waals surface area contributed by atoms with Gasteiger partial charge in [-0.05, 0) is 76.1 Å². The van der Waals surface area contributed by atoms with Gasteiger partial charge in [0.25, 0.3) is 11.1 Å². The number of halogens is 2. The van der Waals surface area contributed by atoms with Crippen LogP contribution in [-0.4, -0.2) is 29.2 Å². The molecule has 1 aliphatic heterocycles. The lowest BCUT2D eigenvalue weighted by Crippen LogP contribution is -2.27. The zero-order chi connectivity index (χ0) is 21.7. The first kappa shape index (κ1) is 22.7. The summed E-state index contributed by atoms with van der Waals surface area (Å²) in [6.45, 7) is 6.51. The van der Waals surface area contributed by atoms with Gasteiger partial charge in [0.05, 0.1) is 16.0 Å². The van der Waals surface area contributed by atoms with Gasteiger partial charge >= 0.3 is 0 Å². The fraction of sp³-hybridized carbons (Fsp3) is 0.182. The number of nitrogens with zero attached hydrogens (tertiary/aromatic N) is 1. The number of carbonyl (C=O) groups is 2. The molecule has 0 saturated carbocycles. The Hall–Kier alpha value is -2.03. The second-order valence-corrected chi connectivity index (χ2v) is 9.02. The highest BCUT2D eigenvalue weighted by Gasteiger charge is 2.34. The lowest BCUT2D eigenvalue weighted by Gasteiger charge is -2.15. The number of rotatable bonds is 8. The Morgan fingerprint density at radius 2 is 1.87 bits per heavy atom. The number of benzene rings is 2. The summed E-state index contributed by atoms with van der Waals surface area (Å²) in [6.07, 6.45) is 3.21. The molecular formula is C22H19Br2NO4S. The highest BCUT2D eigenvalue weighted by atomic mass is 79.9. The molecule has 0 bridgehead atoms. The van der Waals surface area contributed by atoms with Crippen molar-refractivity contribution in [1.82, 2.24) is 4.90 Å². The highest BCUT2D eigenvalue weighted by Crippen LogP contribution is 2.39. The number of ether oxygens (including phenoxy) is 2. The van der Waals surface area contributed by atoms with Gasteiger partial charge in [0, 0.05) is 11.0 Å². The molecule has 2 amide bonds. The average molecular weight is 553 g/mol. The smallest absolute Gasteiger partial charge is 0.293 e. The van der Waals surface area contributed by atoms with Gasteiger partial charge in [-0.25, -0.2) is 0 Å². The summed E-state index contributed by atoms with van der Waals surface area (Å²) >= 11 is 7.88. The van der Waals surface area contributed by atoms with Gasteiger partial charge in [0.2, 0.25) is 0 Å². The Kier molecular flexibility index (Phi) is 7.80. The average Bonchev–Trinajstić information content (AvgIpc) is 2.97. The van der Waals surface area contributed by atoms with Crippen LogP contribution in [0.2, 0.25) is 0 Å². The van der Waals surface area contributed by atoms with Crippen LogP contribution in [0, 0.1) is 0 Å². The Balaban J connectivity index is 1.85. The highest BCUT2D eigenvalue weighted by molar-refractivity contribution is 9.10. The molecule has 2 aromatic carbocycles. The minimum atomic E-state index is -0.324. The summed E-state index contributed by atoms with van der Waals surface area (Å²) in [6, 6.07) is 11.5. The van der Waals surface area contributed by atoms with Gasteiger partial charge < -0.3 is 9.47 Å². The maximum atomic E-state index is 12.5. The van der Waals surface area contributed by atoms with Crippen molar-refractivity contribution in [3.63, 3.8) is 0 Å². The Morgan fingerprint density at radius 3 is 2.53 bits per heavy atom. The fourth-order valence-electron chi connectivity index (χ4n) is 2.75. The molecule has 1 fully saturated rings. The van der Waals surface area contributed by atoms with Crippen molar-refractivity contribution in [1.29, 1.82) is 0 Å². The third kappa shape index (κ3) is 5.36. The molecule has 5 nitrogen and oxygen atoms in total. The fourth-order valence-corrected chi connectivity index (χ4v) is 4.44. The van der Waals surface area contributed by atoms with Crippen molar-refractivity contribution in [2.75, 3.05) is 13.2 Å². The van der Waals surface area contributed by atoms with E-state index in [-0.39, 0.29) is 17.7 Å². The molecule has 3 rings (SSSR count). The first-order chi connectivity index (χ1) is 14.4. The molecule has 0 unspecified atom stereocenters. The predicted octanol–water partition coefficient (Wildman–Crippen LogP) is 6.41. The van der Waals surface area contributed by atoms with E-state index in [9.17, 15) is 9.59 Å². The number of amides is 2. The maximum absolute atomic E-state index is 12.5. The first-order valence-corrected chi connectivity index (χ1v) is 11.5. The van der Waals surface area contributed by atoms with Crippen molar-refractivity contribution in [3.05, 3.63) is 74.0 Å². The van der Waals surface area contributed by atoms with E-state index in [0.717, 1.165) is 32.3 Å². The van der Waals surface area contributed by atoms with E-state index >= 15 is 0 Å². The summed E-state index contributed by atoms with van der Waals surface area (Å²) in [7, 11) is 0. The van der Waals surface area contributed by atoms with Crippen LogP contribution >= 0.6 is 43.6 Å². The van der Waals surface area contributed by atoms with Crippen LogP contribution in [-0.2, 0) is 11.4 Å². The van der Waals surface area contributed by atoms with Gasteiger partial charge in [-0.2, -0.15) is 0 Å². The van der Waals surface area contributed by atoms with Gasteiger partial charge in [-0.15, -0.1) is 6.58 Å². The summed E-state index contributed by atoms with van der Waals surface area (Å²) in [4.78, 5) is 26.0. The van der Waals surface area contributed by atoms with E-state index in [1.54, 1.807) is 12.1 Å². The van der Waals surface area contributed by atoms with Crippen molar-refractivity contribution in [2.24, 2.45) is 0 Å². The predicted molar refractivity (Wildman–Crippen MR) is 127 cm³/mol. The van der Waals surface area contributed by atoms with E-state index in [1.807, 2.05) is 37.3 Å². The molecule has 156 valence electrons. The molecule has 30 heavy (non-hydrogen) atoms. The third-order valence-corrected chi connectivity index (χ3v) is 6.14. The van der Waals surface area contributed by atoms with Crippen LogP contribution < -0.4 is 9.47 Å². The SMILES string of the molecule is C=CCN1C(=O)S/C(=C/c2cc(Br)c(OCc3ccc(Br)cc3)c(OCC)c2)C1=O. The first-order valence-electron chi connectivity index (χ1n) is 9.12. The van der Waals surface area contributed by atoms with E-state index in [4.69, 9.17) is 9.47 Å². The zero-order valence-electron chi connectivity index (χ0n) is 16.2. The summed E-state index contributed by atoms with van der Waals surface area (Å²) in [5, 5.41) is -0.301. The minimum Gasteiger partial charge on any atom is -0.490 e. The number of thioether (sulfide) groups is 1. The molecule has 1 saturated heterocycles. The lowest BCUT2D eigenvalue weighted by molar-refractivity contribution is -0.122. The second kappa shape index (κ2) is 10.3. The normalized spacial score (nSPS) is 15.0. The molecule has 0 aliphatic carbocycles. The van der Waals surface area contributed by atoms with Crippen LogP contribution in [0.15, 0.2) is 62.9 Å². The van der Waals surface area contributed by atoms with Crippen molar-refractivity contribution in [3.8, 4) is 11.5 Å². The Bertz CT molecular complexity index is 1000. The standard InChI is InChI=1S/C22H19Br2NO4S/c1-3-9-25-21(26)19(30-22(25)27)12-15-10-17(24)20(18(11-15)28-4-2)29-13-14-5-7-16(23)8-6-14/h3,5-8,10-12H,1,4,9,13H2,2H3/b19-12+. The van der Waals surface area contributed by atoms with Crippen LogP contribution in [0.25, 0.3) is 6.08 Å². The van der Waals surface area contributed by atoms with E-state index in [2.05, 4.69) is 38.4 Å². The van der Waals surface area contributed by atoms with Gasteiger partial charge in [-0.3, -0.25) is 14.5 Å². The van der Waals surface area contributed by atoms with Crippen LogP contribution in [0.5, 0.6) is 11.5 Å². The van der Waals surface area contributed by atoms with Gasteiger partial charge in [-0.1, -0.05) is 34.1 Å². The van der Waals surface area contributed by atoms with Crippen LogP contribution in [0.1, 0.15) is 18.1 Å². The van der Waals surface area contributed by atoms with Crippen molar-refractivity contribution < 1.29 is 19.1 Å². The molecule has 1 heterocycles. The van der Waals surface area contributed by atoms with Gasteiger partial charge in [0.15, 0.2) is 11.5 Å². The molecule has 0 spiro atoms. The number of imide groups is 1. The third-order valence-electron chi connectivity index (χ3n) is 4.11. The van der Waals surface area contributed by atoms with Crippen LogP contribution in [0.3, 0.4) is 0 Å². The molecule has 0 atom stereocenters. The van der Waals surface area contributed by atoms with E-state index < -0.39 is 0 Å².